The van der Waals surface area contributed by atoms with E-state index in [0.717, 1.165) is 23.2 Å². The molecule has 0 bridgehead atoms. The van der Waals surface area contributed by atoms with Crippen molar-refractivity contribution in [2.75, 3.05) is 5.32 Å². The van der Waals surface area contributed by atoms with Gasteiger partial charge in [-0.15, -0.1) is 0 Å². The second-order valence-corrected chi connectivity index (χ2v) is 6.08. The second-order valence-electron chi connectivity index (χ2n) is 6.08. The van der Waals surface area contributed by atoms with E-state index >= 15 is 0 Å². The van der Waals surface area contributed by atoms with Gasteiger partial charge in [-0.05, 0) is 48.2 Å². The molecule has 1 aromatic heterocycles. The van der Waals surface area contributed by atoms with E-state index in [-0.39, 0.29) is 25.1 Å². The molecule has 1 unspecified atom stereocenters. The highest BCUT2D eigenvalue weighted by atomic mass is 19.1. The molecule has 1 atom stereocenters. The molecule has 3 aromatic rings. The first-order valence-corrected chi connectivity index (χ1v) is 7.86. The minimum Gasteiger partial charge on any atom is -0.361 e. The molecule has 4 rings (SSSR count). The van der Waals surface area contributed by atoms with E-state index < -0.39 is 0 Å². The summed E-state index contributed by atoms with van der Waals surface area (Å²) in [4.78, 5) is 15.6. The van der Waals surface area contributed by atoms with E-state index in [1.54, 1.807) is 6.07 Å². The average Bonchev–Trinajstić information content (AvgIpc) is 3.19. The highest BCUT2D eigenvalue weighted by molar-refractivity contribution is 6.27. The third-order valence-corrected chi connectivity index (χ3v) is 4.77. The van der Waals surface area contributed by atoms with Gasteiger partial charge in [0.05, 0.1) is 5.56 Å². The molecule has 1 aliphatic heterocycles. The summed E-state index contributed by atoms with van der Waals surface area (Å²) in [7, 11) is 0. The quantitative estimate of drug-likeness (QED) is 0.638. The van der Waals surface area contributed by atoms with Crippen LogP contribution in [0.2, 0.25) is 0 Å². The number of carbonyl (C=O) groups is 1. The van der Waals surface area contributed by atoms with Gasteiger partial charge in [-0.2, -0.15) is 0 Å². The van der Waals surface area contributed by atoms with Crippen LogP contribution in [-0.4, -0.2) is 10.9 Å². The van der Waals surface area contributed by atoms with Crippen LogP contribution in [0.5, 0.6) is 0 Å². The Morgan fingerprint density at radius 2 is 2.00 bits per heavy atom. The molecule has 124 valence electrons. The fraction of sp³-hybridized carbons (Fsp3) is 0.250. The highest BCUT2D eigenvalue weighted by Crippen LogP contribution is 2.43. The summed E-state index contributed by atoms with van der Waals surface area (Å²) in [5.41, 5.74) is 3.91. The van der Waals surface area contributed by atoms with E-state index in [9.17, 15) is 9.18 Å². The third-order valence-electron chi connectivity index (χ3n) is 4.77. The summed E-state index contributed by atoms with van der Waals surface area (Å²) >= 11 is 0. The van der Waals surface area contributed by atoms with Crippen LogP contribution in [-0.2, 0) is 0 Å². The van der Waals surface area contributed by atoms with Crippen LogP contribution in [0.15, 0.2) is 36.5 Å². The Morgan fingerprint density at radius 3 is 2.67 bits per heavy atom. The molecule has 0 saturated heterocycles. The van der Waals surface area contributed by atoms with Gasteiger partial charge in [0.25, 0.3) is 5.91 Å². The number of hydrogen-bond acceptors (Lipinski definition) is 1. The first-order chi connectivity index (χ1) is 11.1. The maximum Gasteiger partial charge on any atom is 0.257 e. The first-order valence-electron chi connectivity index (χ1n) is 7.86. The topological polar surface area (TPSA) is 44.9 Å². The lowest BCUT2D eigenvalue weighted by Gasteiger charge is -2.17. The van der Waals surface area contributed by atoms with Gasteiger partial charge in [0.15, 0.2) is 0 Å². The standard InChI is InChI=1S/C19H17FN2O.CH4/c1-3-10(2)11-9-12(14-5-4-8-21-14)17-18-15(22-19(17)23)7-6-13(20)16(11)18;/h4-10,21H,3H2,1-2H3,(H,22,23);1H4. The Hall–Kier alpha value is -2.62. The van der Waals surface area contributed by atoms with E-state index in [0.29, 0.717) is 22.0 Å². The van der Waals surface area contributed by atoms with Crippen LogP contribution in [0.4, 0.5) is 10.1 Å². The summed E-state index contributed by atoms with van der Waals surface area (Å²) < 4.78 is 14.6. The zero-order chi connectivity index (χ0) is 16.1. The molecular weight excluding hydrogens is 303 g/mol. The number of aromatic nitrogens is 1. The number of anilines is 1. The Morgan fingerprint density at radius 1 is 1.21 bits per heavy atom. The molecule has 1 aliphatic rings. The summed E-state index contributed by atoms with van der Waals surface area (Å²) in [5, 5.41) is 4.14. The predicted octanol–water partition coefficient (Wildman–Crippen LogP) is 5.69. The summed E-state index contributed by atoms with van der Waals surface area (Å²) in [6.45, 7) is 4.18. The molecule has 0 spiro atoms. The predicted molar refractivity (Wildman–Crippen MR) is 97.1 cm³/mol. The van der Waals surface area contributed by atoms with Gasteiger partial charge in [-0.3, -0.25) is 4.79 Å². The molecule has 0 aliphatic carbocycles. The molecule has 0 fully saturated rings. The van der Waals surface area contributed by atoms with Crippen molar-refractivity contribution in [3.8, 4) is 11.3 Å². The Balaban J connectivity index is 0.00000169. The zero-order valence-electron chi connectivity index (χ0n) is 13.0. The van der Waals surface area contributed by atoms with Gasteiger partial charge in [-0.25, -0.2) is 4.39 Å². The maximum atomic E-state index is 14.6. The van der Waals surface area contributed by atoms with E-state index in [2.05, 4.69) is 24.1 Å². The van der Waals surface area contributed by atoms with E-state index in [4.69, 9.17) is 0 Å². The highest BCUT2D eigenvalue weighted by Gasteiger charge is 2.29. The maximum absolute atomic E-state index is 14.6. The molecule has 2 N–H and O–H groups in total. The van der Waals surface area contributed by atoms with Gasteiger partial charge < -0.3 is 10.3 Å². The molecule has 1 amide bonds. The molecule has 0 saturated carbocycles. The van der Waals surface area contributed by atoms with Crippen molar-refractivity contribution in [1.29, 1.82) is 0 Å². The van der Waals surface area contributed by atoms with Crippen LogP contribution in [0, 0.1) is 5.82 Å². The summed E-state index contributed by atoms with van der Waals surface area (Å²) in [5.74, 6) is -0.232. The number of rotatable bonds is 3. The normalized spacial score (nSPS) is 13.7. The number of aromatic amines is 1. The fourth-order valence-corrected chi connectivity index (χ4v) is 3.40. The zero-order valence-corrected chi connectivity index (χ0v) is 13.0. The number of benzene rings is 2. The monoisotopic (exact) mass is 324 g/mol. The number of hydrogen-bond donors (Lipinski definition) is 2. The molecule has 0 radical (unpaired) electrons. The largest absolute Gasteiger partial charge is 0.361 e. The van der Waals surface area contributed by atoms with Crippen LogP contribution in [0.25, 0.3) is 22.0 Å². The lowest BCUT2D eigenvalue weighted by molar-refractivity contribution is 0.103. The van der Waals surface area contributed by atoms with Gasteiger partial charge >= 0.3 is 0 Å². The fourth-order valence-electron chi connectivity index (χ4n) is 3.40. The van der Waals surface area contributed by atoms with Crippen LogP contribution < -0.4 is 5.32 Å². The number of nitrogens with one attached hydrogen (secondary N) is 2. The molecule has 2 aromatic carbocycles. The van der Waals surface area contributed by atoms with Crippen molar-refractivity contribution in [3.63, 3.8) is 0 Å². The SMILES string of the molecule is C.CCC(C)c1cc(-c2ccc[nH]2)c2c3c(ccc(F)c13)NC2=O. The van der Waals surface area contributed by atoms with Gasteiger partial charge in [0.1, 0.15) is 5.82 Å². The average molecular weight is 324 g/mol. The van der Waals surface area contributed by atoms with Gasteiger partial charge in [-0.1, -0.05) is 21.3 Å². The number of halogens is 1. The molecule has 4 heteroatoms. The summed E-state index contributed by atoms with van der Waals surface area (Å²) in [6.07, 6.45) is 2.73. The van der Waals surface area contributed by atoms with Crippen LogP contribution in [0.3, 0.4) is 0 Å². The molecule has 24 heavy (non-hydrogen) atoms. The smallest absolute Gasteiger partial charge is 0.257 e. The van der Waals surface area contributed by atoms with Crippen molar-refractivity contribution in [3.05, 3.63) is 53.5 Å². The van der Waals surface area contributed by atoms with Crippen molar-refractivity contribution < 1.29 is 9.18 Å². The summed E-state index contributed by atoms with van der Waals surface area (Å²) in [6, 6.07) is 8.88. The lowest BCUT2D eigenvalue weighted by atomic mass is 9.87. The molecular formula is C20H21FN2O. The van der Waals surface area contributed by atoms with E-state index in [1.165, 1.54) is 6.07 Å². The Kier molecular flexibility index (Phi) is 3.91. The van der Waals surface area contributed by atoms with Crippen molar-refractivity contribution in [2.24, 2.45) is 0 Å². The Labute approximate surface area is 140 Å². The third kappa shape index (κ3) is 2.13. The number of amides is 1. The van der Waals surface area contributed by atoms with Gasteiger partial charge in [0, 0.05) is 33.9 Å². The van der Waals surface area contributed by atoms with Crippen LogP contribution >= 0.6 is 0 Å². The number of carbonyl (C=O) groups excluding carboxylic acids is 1. The van der Waals surface area contributed by atoms with Crippen LogP contribution in [0.1, 0.15) is 49.5 Å². The first kappa shape index (κ1) is 16.2. The number of H-pyrrole nitrogens is 1. The Bertz CT molecular complexity index is 929. The molecule has 3 nitrogen and oxygen atoms in total. The van der Waals surface area contributed by atoms with Crippen molar-refractivity contribution >= 4 is 22.4 Å². The molecule has 2 heterocycles. The van der Waals surface area contributed by atoms with Crippen molar-refractivity contribution in [2.45, 2.75) is 33.6 Å². The van der Waals surface area contributed by atoms with E-state index in [1.807, 2.05) is 24.4 Å². The minimum atomic E-state index is -0.269. The minimum absolute atomic E-state index is 0. The van der Waals surface area contributed by atoms with Crippen molar-refractivity contribution in [1.82, 2.24) is 4.98 Å². The second kappa shape index (κ2) is 5.78. The van der Waals surface area contributed by atoms with Gasteiger partial charge in [0.2, 0.25) is 0 Å². The lowest BCUT2D eigenvalue weighted by Crippen LogP contribution is -2.06.